The molecule has 0 saturated heterocycles. The Labute approximate surface area is 201 Å². The zero-order valence-electron chi connectivity index (χ0n) is 18.5. The van der Waals surface area contributed by atoms with Crippen molar-refractivity contribution in [3.8, 4) is 5.75 Å². The number of ether oxygens (including phenoxy) is 3. The van der Waals surface area contributed by atoms with Crippen LogP contribution < -0.4 is 15.4 Å². The lowest BCUT2D eigenvalue weighted by molar-refractivity contribution is 0.0698. The highest BCUT2D eigenvalue weighted by molar-refractivity contribution is 14.0. The first kappa shape index (κ1) is 25.3. The lowest BCUT2D eigenvalue weighted by Crippen LogP contribution is -2.41. The lowest BCUT2D eigenvalue weighted by Gasteiger charge is -2.28. The molecule has 9 nitrogen and oxygen atoms in total. The highest BCUT2D eigenvalue weighted by atomic mass is 127. The van der Waals surface area contributed by atoms with Crippen molar-refractivity contribution < 1.29 is 14.2 Å². The van der Waals surface area contributed by atoms with E-state index in [9.17, 15) is 0 Å². The van der Waals surface area contributed by atoms with Gasteiger partial charge in [0, 0.05) is 39.3 Å². The predicted octanol–water partition coefficient (Wildman–Crippen LogP) is 2.35. The number of aryl methyl sites for hydroxylation is 1. The van der Waals surface area contributed by atoms with Gasteiger partial charge in [-0.3, -0.25) is 0 Å². The molecule has 0 fully saturated rings. The normalized spacial score (nSPS) is 15.6. The molecular formula is C21H33IN6O3. The van der Waals surface area contributed by atoms with E-state index in [1.807, 2.05) is 36.7 Å². The number of aromatic nitrogens is 3. The van der Waals surface area contributed by atoms with E-state index in [1.165, 1.54) is 0 Å². The summed E-state index contributed by atoms with van der Waals surface area (Å²) < 4.78 is 18.3. The van der Waals surface area contributed by atoms with Gasteiger partial charge < -0.3 is 29.4 Å². The molecule has 31 heavy (non-hydrogen) atoms. The van der Waals surface area contributed by atoms with Crippen molar-refractivity contribution in [3.05, 3.63) is 41.5 Å². The second kappa shape index (κ2) is 13.5. The molecule has 1 aliphatic rings. The standard InChI is InChI=1S/C21H32N6O3.HI/c1-16-25-26-20(27(16)2)15-23-21(22-10-6-11-29-14-13-28-3)24-18-9-12-30-19-8-5-4-7-17(18)19;/h4-5,7-8,18H,6,9-15H2,1-3H3,(H2,22,23,24);1H. The summed E-state index contributed by atoms with van der Waals surface area (Å²) in [7, 11) is 3.62. The van der Waals surface area contributed by atoms with Gasteiger partial charge in [0.1, 0.15) is 18.1 Å². The number of methoxy groups -OCH3 is 1. The van der Waals surface area contributed by atoms with Crippen molar-refractivity contribution in [1.82, 2.24) is 25.4 Å². The fourth-order valence-electron chi connectivity index (χ4n) is 3.17. The Kier molecular flexibility index (Phi) is 11.0. The fraction of sp³-hybridized carbons (Fsp3) is 0.571. The van der Waals surface area contributed by atoms with Crippen LogP contribution in [0.4, 0.5) is 0 Å². The molecule has 2 N–H and O–H groups in total. The van der Waals surface area contributed by atoms with E-state index in [0.717, 1.165) is 48.3 Å². The van der Waals surface area contributed by atoms with Gasteiger partial charge in [-0.2, -0.15) is 0 Å². The minimum Gasteiger partial charge on any atom is -0.493 e. The molecule has 0 amide bonds. The molecule has 2 aromatic rings. The fourth-order valence-corrected chi connectivity index (χ4v) is 3.17. The van der Waals surface area contributed by atoms with Crippen LogP contribution >= 0.6 is 24.0 Å². The Morgan fingerprint density at radius 1 is 1.26 bits per heavy atom. The Morgan fingerprint density at radius 3 is 2.87 bits per heavy atom. The van der Waals surface area contributed by atoms with Crippen molar-refractivity contribution in [2.75, 3.05) is 40.1 Å². The van der Waals surface area contributed by atoms with Crippen LogP contribution in [0.1, 0.15) is 36.1 Å². The second-order valence-corrected chi connectivity index (χ2v) is 7.14. The molecular weight excluding hydrogens is 511 g/mol. The summed E-state index contributed by atoms with van der Waals surface area (Å²) in [6.07, 6.45) is 1.75. The summed E-state index contributed by atoms with van der Waals surface area (Å²) in [5, 5.41) is 15.3. The van der Waals surface area contributed by atoms with E-state index in [0.29, 0.717) is 33.0 Å². The van der Waals surface area contributed by atoms with E-state index in [2.05, 4.69) is 26.9 Å². The Balaban J connectivity index is 0.00000341. The number of fused-ring (bicyclic) bond motifs is 1. The van der Waals surface area contributed by atoms with Crippen molar-refractivity contribution in [2.45, 2.75) is 32.4 Å². The maximum atomic E-state index is 5.78. The van der Waals surface area contributed by atoms with Crippen LogP contribution in [0, 0.1) is 6.92 Å². The van der Waals surface area contributed by atoms with Crippen molar-refractivity contribution in [2.24, 2.45) is 12.0 Å². The largest absolute Gasteiger partial charge is 0.493 e. The molecule has 1 atom stereocenters. The third-order valence-electron chi connectivity index (χ3n) is 5.02. The number of aliphatic imine (C=N–C) groups is 1. The number of hydrogen-bond acceptors (Lipinski definition) is 6. The monoisotopic (exact) mass is 544 g/mol. The number of benzene rings is 1. The van der Waals surface area contributed by atoms with Gasteiger partial charge in [-0.1, -0.05) is 18.2 Å². The zero-order chi connectivity index (χ0) is 21.2. The van der Waals surface area contributed by atoms with Gasteiger partial charge in [-0.15, -0.1) is 34.2 Å². The smallest absolute Gasteiger partial charge is 0.192 e. The van der Waals surface area contributed by atoms with Gasteiger partial charge in [0.15, 0.2) is 11.8 Å². The van der Waals surface area contributed by atoms with Gasteiger partial charge in [0.25, 0.3) is 0 Å². The van der Waals surface area contributed by atoms with Crippen LogP contribution in [0.25, 0.3) is 0 Å². The number of hydrogen-bond donors (Lipinski definition) is 2. The molecule has 0 spiro atoms. The highest BCUT2D eigenvalue weighted by Gasteiger charge is 2.22. The molecule has 3 rings (SSSR count). The summed E-state index contributed by atoms with van der Waals surface area (Å²) in [5.41, 5.74) is 1.15. The molecule has 0 aliphatic carbocycles. The van der Waals surface area contributed by atoms with Crippen molar-refractivity contribution in [1.29, 1.82) is 0 Å². The van der Waals surface area contributed by atoms with E-state index >= 15 is 0 Å². The van der Waals surface area contributed by atoms with Crippen molar-refractivity contribution >= 4 is 29.9 Å². The summed E-state index contributed by atoms with van der Waals surface area (Å²) >= 11 is 0. The summed E-state index contributed by atoms with van der Waals surface area (Å²) in [6, 6.07) is 8.27. The SMILES string of the molecule is COCCOCCCNC(=NCc1nnc(C)n1C)NC1CCOc2ccccc21.I. The molecule has 0 saturated carbocycles. The topological polar surface area (TPSA) is 94.8 Å². The van der Waals surface area contributed by atoms with E-state index in [4.69, 9.17) is 19.2 Å². The third kappa shape index (κ3) is 7.62. The molecule has 2 heterocycles. The van der Waals surface area contributed by atoms with Crippen molar-refractivity contribution in [3.63, 3.8) is 0 Å². The number of nitrogens with zero attached hydrogens (tertiary/aromatic N) is 4. The highest BCUT2D eigenvalue weighted by Crippen LogP contribution is 2.31. The van der Waals surface area contributed by atoms with Crippen LogP contribution in [0.5, 0.6) is 5.75 Å². The molecule has 172 valence electrons. The van der Waals surface area contributed by atoms with Gasteiger partial charge >= 0.3 is 0 Å². The number of para-hydroxylation sites is 1. The minimum atomic E-state index is 0. The maximum Gasteiger partial charge on any atom is 0.192 e. The Bertz CT molecular complexity index is 829. The van der Waals surface area contributed by atoms with E-state index in [-0.39, 0.29) is 30.0 Å². The number of halogens is 1. The number of rotatable bonds is 10. The van der Waals surface area contributed by atoms with Crippen LogP contribution in [0.3, 0.4) is 0 Å². The first-order chi connectivity index (χ1) is 14.7. The van der Waals surface area contributed by atoms with Gasteiger partial charge in [0.2, 0.25) is 0 Å². The third-order valence-corrected chi connectivity index (χ3v) is 5.02. The van der Waals surface area contributed by atoms with E-state index in [1.54, 1.807) is 7.11 Å². The van der Waals surface area contributed by atoms with Gasteiger partial charge in [0.05, 0.1) is 25.9 Å². The molecule has 10 heteroatoms. The zero-order valence-corrected chi connectivity index (χ0v) is 20.8. The molecule has 1 aromatic carbocycles. The quantitative estimate of drug-likeness (QED) is 0.205. The van der Waals surface area contributed by atoms with Crippen LogP contribution in [0.2, 0.25) is 0 Å². The average Bonchev–Trinajstić information content (AvgIpc) is 3.09. The molecule has 1 aromatic heterocycles. The molecule has 1 aliphatic heterocycles. The Hall–Kier alpha value is -1.92. The maximum absolute atomic E-state index is 5.78. The molecule has 0 radical (unpaired) electrons. The average molecular weight is 544 g/mol. The summed E-state index contributed by atoms with van der Waals surface area (Å²) in [5.74, 6) is 3.36. The van der Waals surface area contributed by atoms with Gasteiger partial charge in [-0.05, 0) is 19.4 Å². The Morgan fingerprint density at radius 2 is 2.10 bits per heavy atom. The summed E-state index contributed by atoms with van der Waals surface area (Å²) in [6.45, 7) is 5.70. The summed E-state index contributed by atoms with van der Waals surface area (Å²) in [4.78, 5) is 4.75. The van der Waals surface area contributed by atoms with Gasteiger partial charge in [-0.25, -0.2) is 4.99 Å². The van der Waals surface area contributed by atoms with Crippen LogP contribution in [0.15, 0.2) is 29.3 Å². The first-order valence-electron chi connectivity index (χ1n) is 10.4. The van der Waals surface area contributed by atoms with E-state index < -0.39 is 0 Å². The molecule has 1 unspecified atom stereocenters. The van der Waals surface area contributed by atoms with Crippen LogP contribution in [-0.4, -0.2) is 60.8 Å². The number of nitrogens with one attached hydrogen (secondary N) is 2. The lowest BCUT2D eigenvalue weighted by atomic mass is 10.0. The van der Waals surface area contributed by atoms with Crippen LogP contribution in [-0.2, 0) is 23.1 Å². The first-order valence-corrected chi connectivity index (χ1v) is 10.4. The second-order valence-electron chi connectivity index (χ2n) is 7.14. The minimum absolute atomic E-state index is 0. The molecule has 0 bridgehead atoms. The number of guanidine groups is 1. The predicted molar refractivity (Wildman–Crippen MR) is 130 cm³/mol.